The van der Waals surface area contributed by atoms with Gasteiger partial charge in [0.05, 0.1) is 5.69 Å². The van der Waals surface area contributed by atoms with E-state index in [4.69, 9.17) is 5.73 Å². The molecule has 0 bridgehead atoms. The fraction of sp³-hybridized carbons (Fsp3) is 0. The molecule has 3 aromatic rings. The normalized spacial score (nSPS) is 10.8. The van der Waals surface area contributed by atoms with Crippen LogP contribution < -0.4 is 5.73 Å². The van der Waals surface area contributed by atoms with Gasteiger partial charge in [0.25, 0.3) is 0 Å². The third-order valence-corrected chi connectivity index (χ3v) is 4.82. The zero-order valence-electron chi connectivity index (χ0n) is 10.5. The molecular formula is C13H8Br3N5. The summed E-state index contributed by atoms with van der Waals surface area (Å²) in [6, 6.07) is 11.3. The summed E-state index contributed by atoms with van der Waals surface area (Å²) in [6.45, 7) is 0. The van der Waals surface area contributed by atoms with Crippen molar-refractivity contribution in [2.24, 2.45) is 0 Å². The summed E-state index contributed by atoms with van der Waals surface area (Å²) in [5.74, 6) is 0.599. The molecule has 0 atom stereocenters. The van der Waals surface area contributed by atoms with Crippen molar-refractivity contribution in [3.05, 3.63) is 49.8 Å². The van der Waals surface area contributed by atoms with Crippen molar-refractivity contribution in [1.29, 1.82) is 0 Å². The van der Waals surface area contributed by atoms with Gasteiger partial charge in [-0.15, -0.1) is 5.10 Å². The molecule has 0 radical (unpaired) electrons. The van der Waals surface area contributed by atoms with Crippen molar-refractivity contribution in [3.8, 4) is 17.1 Å². The standard InChI is InChI=1S/C13H8Br3N5/c14-9-5-4-7(17)6-8(9)13-18-19-20-21(13)12-10(15)2-1-3-11(12)16/h1-6H,17H2. The Kier molecular flexibility index (Phi) is 4.10. The van der Waals surface area contributed by atoms with E-state index in [-0.39, 0.29) is 0 Å². The molecule has 0 spiro atoms. The van der Waals surface area contributed by atoms with Crippen molar-refractivity contribution in [3.63, 3.8) is 0 Å². The first-order valence-electron chi connectivity index (χ1n) is 5.86. The van der Waals surface area contributed by atoms with Crippen LogP contribution in [0.15, 0.2) is 49.8 Å². The van der Waals surface area contributed by atoms with E-state index in [0.29, 0.717) is 11.5 Å². The van der Waals surface area contributed by atoms with E-state index < -0.39 is 0 Å². The van der Waals surface area contributed by atoms with E-state index in [1.54, 1.807) is 4.68 Å². The van der Waals surface area contributed by atoms with Gasteiger partial charge in [0, 0.05) is 24.7 Å². The molecule has 5 nitrogen and oxygen atoms in total. The van der Waals surface area contributed by atoms with Crippen molar-refractivity contribution >= 4 is 53.5 Å². The quantitative estimate of drug-likeness (QED) is 0.566. The van der Waals surface area contributed by atoms with Gasteiger partial charge in [-0.25, -0.2) is 0 Å². The summed E-state index contributed by atoms with van der Waals surface area (Å²) in [4.78, 5) is 0. The van der Waals surface area contributed by atoms with E-state index >= 15 is 0 Å². The Morgan fingerprint density at radius 1 is 0.952 bits per heavy atom. The second-order valence-corrected chi connectivity index (χ2v) is 6.79. The first-order valence-corrected chi connectivity index (χ1v) is 8.24. The number of nitrogens with zero attached hydrogens (tertiary/aromatic N) is 4. The van der Waals surface area contributed by atoms with Gasteiger partial charge in [-0.05, 0) is 72.6 Å². The molecule has 3 rings (SSSR count). The minimum Gasteiger partial charge on any atom is -0.399 e. The molecule has 0 aliphatic rings. The van der Waals surface area contributed by atoms with Crippen LogP contribution in [-0.4, -0.2) is 20.2 Å². The maximum Gasteiger partial charge on any atom is 0.188 e. The van der Waals surface area contributed by atoms with Gasteiger partial charge in [-0.2, -0.15) is 4.68 Å². The first-order chi connectivity index (χ1) is 10.1. The summed E-state index contributed by atoms with van der Waals surface area (Å²) in [5, 5.41) is 12.0. The maximum absolute atomic E-state index is 5.86. The molecule has 21 heavy (non-hydrogen) atoms. The van der Waals surface area contributed by atoms with Gasteiger partial charge in [-0.3, -0.25) is 0 Å². The second kappa shape index (κ2) is 5.86. The third-order valence-electron chi connectivity index (χ3n) is 2.85. The van der Waals surface area contributed by atoms with Crippen LogP contribution in [0.1, 0.15) is 0 Å². The molecule has 0 saturated carbocycles. The summed E-state index contributed by atoms with van der Waals surface area (Å²) in [6.07, 6.45) is 0. The highest BCUT2D eigenvalue weighted by atomic mass is 79.9. The lowest BCUT2D eigenvalue weighted by atomic mass is 10.2. The summed E-state index contributed by atoms with van der Waals surface area (Å²) < 4.78 is 4.29. The number of tetrazole rings is 1. The molecule has 2 aromatic carbocycles. The second-order valence-electron chi connectivity index (χ2n) is 4.22. The summed E-state index contributed by atoms with van der Waals surface area (Å²) >= 11 is 10.6. The van der Waals surface area contributed by atoms with Gasteiger partial charge in [0.1, 0.15) is 0 Å². The number of hydrogen-bond acceptors (Lipinski definition) is 4. The zero-order chi connectivity index (χ0) is 15.0. The molecule has 0 unspecified atom stereocenters. The topological polar surface area (TPSA) is 69.6 Å². The van der Waals surface area contributed by atoms with Crippen LogP contribution in [-0.2, 0) is 0 Å². The average Bonchev–Trinajstić information content (AvgIpc) is 2.90. The first kappa shape index (κ1) is 14.7. The average molecular weight is 474 g/mol. The van der Waals surface area contributed by atoms with Crippen molar-refractivity contribution < 1.29 is 0 Å². The van der Waals surface area contributed by atoms with E-state index in [0.717, 1.165) is 24.7 Å². The predicted molar refractivity (Wildman–Crippen MR) is 92.1 cm³/mol. The highest BCUT2D eigenvalue weighted by molar-refractivity contribution is 9.11. The number of rotatable bonds is 2. The van der Waals surface area contributed by atoms with Crippen LogP contribution in [0.2, 0.25) is 0 Å². The number of nitrogen functional groups attached to an aromatic ring is 1. The van der Waals surface area contributed by atoms with Gasteiger partial charge in [0.2, 0.25) is 0 Å². The molecule has 0 aliphatic heterocycles. The van der Waals surface area contributed by atoms with E-state index in [1.165, 1.54) is 0 Å². The number of halogens is 3. The lowest BCUT2D eigenvalue weighted by Gasteiger charge is -2.10. The molecule has 0 amide bonds. The van der Waals surface area contributed by atoms with Crippen LogP contribution in [0.3, 0.4) is 0 Å². The van der Waals surface area contributed by atoms with E-state index in [1.807, 2.05) is 36.4 Å². The number of aromatic nitrogens is 4. The van der Waals surface area contributed by atoms with E-state index in [9.17, 15) is 0 Å². The molecular weight excluding hydrogens is 466 g/mol. The minimum absolute atomic E-state index is 0.599. The highest BCUT2D eigenvalue weighted by Gasteiger charge is 2.17. The minimum atomic E-state index is 0.599. The number of nitrogens with two attached hydrogens (primary N) is 1. The van der Waals surface area contributed by atoms with Gasteiger partial charge in [-0.1, -0.05) is 22.0 Å². The van der Waals surface area contributed by atoms with Crippen molar-refractivity contribution in [1.82, 2.24) is 20.2 Å². The van der Waals surface area contributed by atoms with Gasteiger partial charge >= 0.3 is 0 Å². The lowest BCUT2D eigenvalue weighted by molar-refractivity contribution is 0.786. The summed E-state index contributed by atoms with van der Waals surface area (Å²) in [5.41, 5.74) is 8.16. The van der Waals surface area contributed by atoms with Crippen molar-refractivity contribution in [2.45, 2.75) is 0 Å². The zero-order valence-corrected chi connectivity index (χ0v) is 15.2. The fourth-order valence-corrected chi connectivity index (χ4v) is 3.67. The van der Waals surface area contributed by atoms with E-state index in [2.05, 4.69) is 63.3 Å². The number of para-hydroxylation sites is 1. The molecule has 0 aliphatic carbocycles. The largest absolute Gasteiger partial charge is 0.399 e. The number of hydrogen-bond donors (Lipinski definition) is 1. The Bertz CT molecular complexity index is 795. The van der Waals surface area contributed by atoms with Crippen LogP contribution in [0.5, 0.6) is 0 Å². The predicted octanol–water partition coefficient (Wildman–Crippen LogP) is 4.20. The smallest absolute Gasteiger partial charge is 0.188 e. The van der Waals surface area contributed by atoms with Crippen LogP contribution in [0.25, 0.3) is 17.1 Å². The Hall–Kier alpha value is -1.25. The van der Waals surface area contributed by atoms with Crippen LogP contribution in [0.4, 0.5) is 5.69 Å². The molecule has 0 fully saturated rings. The molecule has 1 heterocycles. The summed E-state index contributed by atoms with van der Waals surface area (Å²) in [7, 11) is 0. The van der Waals surface area contributed by atoms with Gasteiger partial charge < -0.3 is 5.73 Å². The van der Waals surface area contributed by atoms with Gasteiger partial charge in [0.15, 0.2) is 5.82 Å². The van der Waals surface area contributed by atoms with Crippen molar-refractivity contribution in [2.75, 3.05) is 5.73 Å². The number of anilines is 1. The van der Waals surface area contributed by atoms with Crippen LogP contribution in [0, 0.1) is 0 Å². The third kappa shape index (κ3) is 2.75. The Morgan fingerprint density at radius 2 is 1.67 bits per heavy atom. The molecule has 0 saturated heterocycles. The fourth-order valence-electron chi connectivity index (χ4n) is 1.91. The molecule has 1 aromatic heterocycles. The molecule has 106 valence electrons. The lowest BCUT2D eigenvalue weighted by Crippen LogP contribution is -2.02. The monoisotopic (exact) mass is 471 g/mol. The van der Waals surface area contributed by atoms with Crippen LogP contribution >= 0.6 is 47.8 Å². The maximum atomic E-state index is 5.86. The molecule has 8 heteroatoms. The number of benzene rings is 2. The molecule has 2 N–H and O–H groups in total. The SMILES string of the molecule is Nc1ccc(Br)c(-c2nnnn2-c2c(Br)cccc2Br)c1. The Labute approximate surface area is 145 Å². The Morgan fingerprint density at radius 3 is 2.38 bits per heavy atom. The highest BCUT2D eigenvalue weighted by Crippen LogP contribution is 2.34. The Balaban J connectivity index is 2.25.